The molecule has 0 N–H and O–H groups in total. The molecule has 0 bridgehead atoms. The average molecular weight is 269 g/mol. The average Bonchev–Trinajstić information content (AvgIpc) is 2.65. The second kappa shape index (κ2) is 4.35. The number of hydrogen-bond acceptors (Lipinski definition) is 1. The summed E-state index contributed by atoms with van der Waals surface area (Å²) in [6.45, 7) is 6.36. The van der Waals surface area contributed by atoms with Crippen LogP contribution in [-0.4, -0.2) is 9.78 Å². The first-order chi connectivity index (χ1) is 7.89. The van der Waals surface area contributed by atoms with Crippen molar-refractivity contribution in [3.05, 3.63) is 46.2 Å². The molecule has 1 heterocycles. The summed E-state index contributed by atoms with van der Waals surface area (Å²) >= 11 is 12.3. The van der Waals surface area contributed by atoms with Crippen LogP contribution in [0.4, 0.5) is 0 Å². The summed E-state index contributed by atoms with van der Waals surface area (Å²) in [6, 6.07) is 7.42. The van der Waals surface area contributed by atoms with E-state index >= 15 is 0 Å². The molecule has 0 spiro atoms. The minimum absolute atomic E-state index is 0.0129. The molecule has 2 nitrogen and oxygen atoms in total. The molecule has 1 aromatic carbocycles. The predicted octanol–water partition coefficient (Wildman–Crippen LogP) is 4.48. The lowest BCUT2D eigenvalue weighted by Crippen LogP contribution is -2.12. The van der Waals surface area contributed by atoms with Crippen molar-refractivity contribution in [3.63, 3.8) is 0 Å². The highest BCUT2D eigenvalue weighted by atomic mass is 35.5. The van der Waals surface area contributed by atoms with Crippen molar-refractivity contribution in [2.24, 2.45) is 0 Å². The van der Waals surface area contributed by atoms with Gasteiger partial charge in [0, 0.05) is 11.6 Å². The van der Waals surface area contributed by atoms with Gasteiger partial charge in [0.05, 0.1) is 15.7 Å². The first-order valence-corrected chi connectivity index (χ1v) is 6.16. The summed E-state index contributed by atoms with van der Waals surface area (Å²) in [7, 11) is 0. The van der Waals surface area contributed by atoms with E-state index < -0.39 is 0 Å². The fourth-order valence-electron chi connectivity index (χ4n) is 1.56. The number of aromatic nitrogens is 2. The lowest BCUT2D eigenvalue weighted by molar-refractivity contribution is 0.560. The Morgan fingerprint density at radius 1 is 1.06 bits per heavy atom. The third-order valence-corrected chi connectivity index (χ3v) is 3.13. The van der Waals surface area contributed by atoms with E-state index in [-0.39, 0.29) is 5.41 Å². The highest BCUT2D eigenvalue weighted by Crippen LogP contribution is 2.29. The van der Waals surface area contributed by atoms with Gasteiger partial charge in [-0.05, 0) is 18.2 Å². The fraction of sp³-hybridized carbons (Fsp3) is 0.308. The van der Waals surface area contributed by atoms with Gasteiger partial charge in [0.15, 0.2) is 0 Å². The molecule has 17 heavy (non-hydrogen) atoms. The van der Waals surface area contributed by atoms with Crippen molar-refractivity contribution < 1.29 is 0 Å². The van der Waals surface area contributed by atoms with Gasteiger partial charge in [-0.25, -0.2) is 4.68 Å². The van der Waals surface area contributed by atoms with Crippen LogP contribution in [-0.2, 0) is 5.41 Å². The van der Waals surface area contributed by atoms with Crippen molar-refractivity contribution in [3.8, 4) is 5.69 Å². The highest BCUT2D eigenvalue weighted by molar-refractivity contribution is 6.37. The molecule has 0 saturated heterocycles. The molecule has 0 atom stereocenters. The quantitative estimate of drug-likeness (QED) is 0.746. The zero-order valence-electron chi connectivity index (χ0n) is 10.0. The lowest BCUT2D eigenvalue weighted by Gasteiger charge is -2.14. The molecule has 0 radical (unpaired) electrons. The summed E-state index contributed by atoms with van der Waals surface area (Å²) in [5.74, 6) is 0. The Bertz CT molecular complexity index is 518. The van der Waals surface area contributed by atoms with Crippen molar-refractivity contribution >= 4 is 23.2 Å². The van der Waals surface area contributed by atoms with Crippen LogP contribution in [0, 0.1) is 0 Å². The standard InChI is InChI=1S/C13H14Cl2N2/c1-13(2,3)11-7-8-17(16-11)12-9(14)5-4-6-10(12)15/h4-8H,1-3H3. The van der Waals surface area contributed by atoms with Gasteiger partial charge in [0.2, 0.25) is 0 Å². The maximum Gasteiger partial charge on any atom is 0.102 e. The van der Waals surface area contributed by atoms with Gasteiger partial charge < -0.3 is 0 Å². The molecule has 4 heteroatoms. The Morgan fingerprint density at radius 3 is 2.12 bits per heavy atom. The van der Waals surface area contributed by atoms with E-state index in [1.165, 1.54) is 0 Å². The molecule has 0 saturated carbocycles. The number of nitrogens with zero attached hydrogens (tertiary/aromatic N) is 2. The molecule has 0 amide bonds. The third-order valence-electron chi connectivity index (χ3n) is 2.52. The van der Waals surface area contributed by atoms with Gasteiger partial charge in [-0.2, -0.15) is 5.10 Å². The summed E-state index contributed by atoms with van der Waals surface area (Å²) in [5.41, 5.74) is 1.75. The van der Waals surface area contributed by atoms with Crippen molar-refractivity contribution in [2.75, 3.05) is 0 Å². The molecule has 0 aliphatic rings. The number of para-hydroxylation sites is 1. The Kier molecular flexibility index (Phi) is 3.19. The van der Waals surface area contributed by atoms with Crippen LogP contribution in [0.1, 0.15) is 26.5 Å². The number of rotatable bonds is 1. The lowest BCUT2D eigenvalue weighted by atomic mass is 9.93. The zero-order valence-corrected chi connectivity index (χ0v) is 11.5. The van der Waals surface area contributed by atoms with Gasteiger partial charge in [-0.15, -0.1) is 0 Å². The van der Waals surface area contributed by atoms with E-state index in [1.807, 2.05) is 18.3 Å². The predicted molar refractivity (Wildman–Crippen MR) is 72.3 cm³/mol. The summed E-state index contributed by atoms with van der Waals surface area (Å²) in [5, 5.41) is 5.72. The minimum atomic E-state index is 0.0129. The Morgan fingerprint density at radius 2 is 1.65 bits per heavy atom. The minimum Gasteiger partial charge on any atom is -0.238 e. The van der Waals surface area contributed by atoms with Crippen LogP contribution in [0.3, 0.4) is 0 Å². The molecule has 2 rings (SSSR count). The van der Waals surface area contributed by atoms with Crippen LogP contribution in [0.5, 0.6) is 0 Å². The monoisotopic (exact) mass is 268 g/mol. The second-order valence-corrected chi connectivity index (χ2v) is 5.78. The number of hydrogen-bond donors (Lipinski definition) is 0. The maximum absolute atomic E-state index is 6.14. The van der Waals surface area contributed by atoms with E-state index in [1.54, 1.807) is 16.8 Å². The summed E-state index contributed by atoms with van der Waals surface area (Å²) in [4.78, 5) is 0. The maximum atomic E-state index is 6.14. The molecule has 0 aliphatic heterocycles. The van der Waals surface area contributed by atoms with Gasteiger partial charge in [-0.1, -0.05) is 50.0 Å². The molecule has 0 unspecified atom stereocenters. The van der Waals surface area contributed by atoms with Gasteiger partial charge in [0.25, 0.3) is 0 Å². The van der Waals surface area contributed by atoms with Crippen LogP contribution in [0.15, 0.2) is 30.5 Å². The van der Waals surface area contributed by atoms with E-state index in [0.29, 0.717) is 10.0 Å². The van der Waals surface area contributed by atoms with Crippen LogP contribution < -0.4 is 0 Å². The van der Waals surface area contributed by atoms with Crippen molar-refractivity contribution in [1.82, 2.24) is 9.78 Å². The molecule has 1 aromatic heterocycles. The largest absolute Gasteiger partial charge is 0.238 e. The SMILES string of the molecule is CC(C)(C)c1ccn(-c2c(Cl)cccc2Cl)n1. The summed E-state index contributed by atoms with van der Waals surface area (Å²) < 4.78 is 1.73. The molecular weight excluding hydrogens is 255 g/mol. The van der Waals surface area contributed by atoms with Crippen LogP contribution >= 0.6 is 23.2 Å². The highest BCUT2D eigenvalue weighted by Gasteiger charge is 2.18. The topological polar surface area (TPSA) is 17.8 Å². The Labute approximate surface area is 111 Å². The van der Waals surface area contributed by atoms with E-state index in [9.17, 15) is 0 Å². The third kappa shape index (κ3) is 2.48. The van der Waals surface area contributed by atoms with Crippen molar-refractivity contribution in [1.29, 1.82) is 0 Å². The molecule has 90 valence electrons. The van der Waals surface area contributed by atoms with Crippen LogP contribution in [0.25, 0.3) is 5.69 Å². The first kappa shape index (κ1) is 12.5. The second-order valence-electron chi connectivity index (χ2n) is 4.97. The number of halogens is 2. The smallest absolute Gasteiger partial charge is 0.102 e. The molecule has 0 fully saturated rings. The molecule has 2 aromatic rings. The molecular formula is C13H14Cl2N2. The van der Waals surface area contributed by atoms with Gasteiger partial charge >= 0.3 is 0 Å². The molecule has 0 aliphatic carbocycles. The normalized spacial score (nSPS) is 11.8. The van der Waals surface area contributed by atoms with Crippen molar-refractivity contribution in [2.45, 2.75) is 26.2 Å². The number of benzene rings is 1. The Balaban J connectivity index is 2.51. The first-order valence-electron chi connectivity index (χ1n) is 5.40. The van der Waals surface area contributed by atoms with E-state index in [0.717, 1.165) is 11.4 Å². The fourth-order valence-corrected chi connectivity index (χ4v) is 2.13. The summed E-state index contributed by atoms with van der Waals surface area (Å²) in [6.07, 6.45) is 1.88. The van der Waals surface area contributed by atoms with Gasteiger partial charge in [-0.3, -0.25) is 0 Å². The van der Waals surface area contributed by atoms with Gasteiger partial charge in [0.1, 0.15) is 5.69 Å². The van der Waals surface area contributed by atoms with E-state index in [2.05, 4.69) is 25.9 Å². The van der Waals surface area contributed by atoms with E-state index in [4.69, 9.17) is 23.2 Å². The van der Waals surface area contributed by atoms with Crippen LogP contribution in [0.2, 0.25) is 10.0 Å². The Hall–Kier alpha value is -0.990. The zero-order chi connectivity index (χ0) is 12.6.